The van der Waals surface area contributed by atoms with Gasteiger partial charge in [0.05, 0.1) is 31.8 Å². The van der Waals surface area contributed by atoms with Gasteiger partial charge in [-0.25, -0.2) is 0 Å². The highest BCUT2D eigenvalue weighted by atomic mass is 16.5. The van der Waals surface area contributed by atoms with Gasteiger partial charge in [0, 0.05) is 13.1 Å². The van der Waals surface area contributed by atoms with Crippen molar-refractivity contribution < 1.29 is 19.1 Å². The number of carbonyl (C=O) groups excluding carboxylic acids is 2. The Morgan fingerprint density at radius 2 is 2.12 bits per heavy atom. The van der Waals surface area contributed by atoms with E-state index in [0.29, 0.717) is 32.9 Å². The van der Waals surface area contributed by atoms with E-state index < -0.39 is 0 Å². The zero-order valence-corrected chi connectivity index (χ0v) is 9.48. The first kappa shape index (κ1) is 11.5. The van der Waals surface area contributed by atoms with Crippen LogP contribution >= 0.6 is 0 Å². The van der Waals surface area contributed by atoms with Gasteiger partial charge in [0.25, 0.3) is 5.91 Å². The number of nitrogens with zero attached hydrogens (tertiary/aromatic N) is 1. The molecule has 5 nitrogen and oxygen atoms in total. The number of rotatable bonds is 3. The maximum atomic E-state index is 11.9. The lowest BCUT2D eigenvalue weighted by atomic mass is 10.0. The van der Waals surface area contributed by atoms with Crippen LogP contribution in [0.1, 0.15) is 13.3 Å². The second-order valence-electron chi connectivity index (χ2n) is 4.25. The number of amides is 1. The van der Waals surface area contributed by atoms with Crippen LogP contribution in [-0.4, -0.2) is 55.6 Å². The molecule has 2 aliphatic heterocycles. The molecular formula is C11H17NO4. The first-order chi connectivity index (χ1) is 7.72. The topological polar surface area (TPSA) is 55.8 Å². The summed E-state index contributed by atoms with van der Waals surface area (Å²) in [6.45, 7) is 4.39. The third kappa shape index (κ3) is 2.25. The van der Waals surface area contributed by atoms with Gasteiger partial charge in [-0.1, -0.05) is 6.92 Å². The van der Waals surface area contributed by atoms with E-state index in [1.54, 1.807) is 4.90 Å². The number of ketones is 1. The molecule has 0 aromatic heterocycles. The van der Waals surface area contributed by atoms with Crippen LogP contribution in [0.4, 0.5) is 0 Å². The molecule has 2 heterocycles. The fourth-order valence-electron chi connectivity index (χ4n) is 1.87. The van der Waals surface area contributed by atoms with Gasteiger partial charge in [-0.3, -0.25) is 9.59 Å². The molecule has 0 saturated carbocycles. The average molecular weight is 227 g/mol. The summed E-state index contributed by atoms with van der Waals surface area (Å²) in [7, 11) is 0. The number of ether oxygens (including phenoxy) is 2. The zero-order chi connectivity index (χ0) is 11.5. The van der Waals surface area contributed by atoms with Gasteiger partial charge in [0.15, 0.2) is 0 Å². The summed E-state index contributed by atoms with van der Waals surface area (Å²) in [5.74, 6) is -0.881. The van der Waals surface area contributed by atoms with E-state index in [9.17, 15) is 9.59 Å². The Balaban J connectivity index is 1.90. The second-order valence-corrected chi connectivity index (χ2v) is 4.25. The van der Waals surface area contributed by atoms with Crippen molar-refractivity contribution in [1.29, 1.82) is 0 Å². The molecule has 0 aromatic carbocycles. The molecule has 2 saturated heterocycles. The minimum Gasteiger partial charge on any atom is -0.380 e. The fraction of sp³-hybridized carbons (Fsp3) is 0.818. The van der Waals surface area contributed by atoms with Crippen LogP contribution in [0.5, 0.6) is 0 Å². The van der Waals surface area contributed by atoms with Crippen LogP contribution < -0.4 is 0 Å². The van der Waals surface area contributed by atoms with Gasteiger partial charge in [-0.05, 0) is 6.42 Å². The van der Waals surface area contributed by atoms with Gasteiger partial charge in [0.1, 0.15) is 0 Å². The smallest absolute Gasteiger partial charge is 0.290 e. The quantitative estimate of drug-likeness (QED) is 0.629. The van der Waals surface area contributed by atoms with Crippen molar-refractivity contribution in [2.75, 3.05) is 32.9 Å². The average Bonchev–Trinajstić information content (AvgIpc) is 2.25. The van der Waals surface area contributed by atoms with E-state index >= 15 is 0 Å². The van der Waals surface area contributed by atoms with Crippen molar-refractivity contribution in [2.45, 2.75) is 19.4 Å². The molecule has 2 fully saturated rings. The second kappa shape index (κ2) is 4.93. The summed E-state index contributed by atoms with van der Waals surface area (Å²) in [4.78, 5) is 25.2. The van der Waals surface area contributed by atoms with Crippen LogP contribution in [-0.2, 0) is 19.1 Å². The first-order valence-electron chi connectivity index (χ1n) is 5.74. The Labute approximate surface area is 94.7 Å². The minimum atomic E-state index is -0.366. The van der Waals surface area contributed by atoms with Crippen LogP contribution in [0, 0.1) is 5.92 Å². The summed E-state index contributed by atoms with van der Waals surface area (Å²) < 4.78 is 10.4. The van der Waals surface area contributed by atoms with E-state index in [4.69, 9.17) is 9.47 Å². The van der Waals surface area contributed by atoms with Gasteiger partial charge >= 0.3 is 0 Å². The lowest BCUT2D eigenvalue weighted by Crippen LogP contribution is -2.51. The lowest BCUT2D eigenvalue weighted by Gasteiger charge is -2.33. The molecule has 1 atom stereocenters. The third-order valence-electron chi connectivity index (χ3n) is 3.10. The van der Waals surface area contributed by atoms with Crippen molar-refractivity contribution in [3.05, 3.63) is 0 Å². The molecular weight excluding hydrogens is 210 g/mol. The van der Waals surface area contributed by atoms with Gasteiger partial charge in [-0.2, -0.15) is 0 Å². The van der Waals surface area contributed by atoms with Crippen molar-refractivity contribution in [3.63, 3.8) is 0 Å². The Morgan fingerprint density at radius 3 is 2.69 bits per heavy atom. The molecule has 90 valence electrons. The monoisotopic (exact) mass is 227 g/mol. The molecule has 5 heteroatoms. The molecule has 1 amide bonds. The maximum absolute atomic E-state index is 11.9. The number of morpholine rings is 1. The summed E-state index contributed by atoms with van der Waals surface area (Å²) in [6.07, 6.45) is 0.938. The molecule has 0 radical (unpaired) electrons. The largest absolute Gasteiger partial charge is 0.380 e. The fourth-order valence-corrected chi connectivity index (χ4v) is 1.87. The van der Waals surface area contributed by atoms with Crippen molar-refractivity contribution >= 4 is 11.7 Å². The SMILES string of the molecule is CC[C@@H]1CN(C(=O)C(=O)C2COC2)CCO1. The number of Topliss-reactive ketones (excluding diaryl/α,β-unsaturated/α-hetero) is 1. The molecule has 2 rings (SSSR count). The van der Waals surface area contributed by atoms with E-state index in [0.717, 1.165) is 6.42 Å². The molecule has 0 aliphatic carbocycles. The first-order valence-corrected chi connectivity index (χ1v) is 5.74. The van der Waals surface area contributed by atoms with Crippen molar-refractivity contribution in [2.24, 2.45) is 5.92 Å². The Kier molecular flexibility index (Phi) is 3.56. The van der Waals surface area contributed by atoms with E-state index in [1.807, 2.05) is 6.92 Å². The Morgan fingerprint density at radius 1 is 1.38 bits per heavy atom. The minimum absolute atomic E-state index is 0.0724. The molecule has 0 bridgehead atoms. The van der Waals surface area contributed by atoms with E-state index in [2.05, 4.69) is 0 Å². The molecule has 0 N–H and O–H groups in total. The van der Waals surface area contributed by atoms with E-state index in [-0.39, 0.29) is 23.7 Å². The zero-order valence-electron chi connectivity index (χ0n) is 9.48. The molecule has 0 aromatic rings. The van der Waals surface area contributed by atoms with Crippen LogP contribution in [0.2, 0.25) is 0 Å². The summed E-state index contributed by atoms with van der Waals surface area (Å²) in [6, 6.07) is 0. The molecule has 2 aliphatic rings. The normalized spacial score (nSPS) is 26.3. The predicted molar refractivity (Wildman–Crippen MR) is 55.9 cm³/mol. The van der Waals surface area contributed by atoms with Crippen molar-refractivity contribution in [1.82, 2.24) is 4.90 Å². The highest BCUT2D eigenvalue weighted by Gasteiger charge is 2.35. The number of hydrogen-bond acceptors (Lipinski definition) is 4. The summed E-state index contributed by atoms with van der Waals surface area (Å²) in [5.41, 5.74) is 0. The lowest BCUT2D eigenvalue weighted by molar-refractivity contribution is -0.158. The van der Waals surface area contributed by atoms with Crippen LogP contribution in [0.3, 0.4) is 0 Å². The van der Waals surface area contributed by atoms with Crippen LogP contribution in [0.15, 0.2) is 0 Å². The summed E-state index contributed by atoms with van der Waals surface area (Å²) >= 11 is 0. The Bertz CT molecular complexity index is 288. The van der Waals surface area contributed by atoms with Gasteiger partial charge < -0.3 is 14.4 Å². The van der Waals surface area contributed by atoms with Crippen molar-refractivity contribution in [3.8, 4) is 0 Å². The maximum Gasteiger partial charge on any atom is 0.290 e. The highest BCUT2D eigenvalue weighted by molar-refractivity contribution is 6.37. The number of hydrogen-bond donors (Lipinski definition) is 0. The van der Waals surface area contributed by atoms with Crippen LogP contribution in [0.25, 0.3) is 0 Å². The molecule has 0 spiro atoms. The molecule has 16 heavy (non-hydrogen) atoms. The third-order valence-corrected chi connectivity index (χ3v) is 3.10. The van der Waals surface area contributed by atoms with Gasteiger partial charge in [0.2, 0.25) is 5.78 Å². The predicted octanol–water partition coefficient (Wildman–Crippen LogP) is -0.161. The highest BCUT2D eigenvalue weighted by Crippen LogP contribution is 2.15. The van der Waals surface area contributed by atoms with Gasteiger partial charge in [-0.15, -0.1) is 0 Å². The number of carbonyl (C=O) groups is 2. The van der Waals surface area contributed by atoms with E-state index in [1.165, 1.54) is 0 Å². The molecule has 0 unspecified atom stereocenters. The Hall–Kier alpha value is -0.940. The standard InChI is InChI=1S/C11H17NO4/c1-2-9-5-12(3-4-16-9)11(14)10(13)8-6-15-7-8/h8-9H,2-7H2,1H3/t9-/m1/s1. The summed E-state index contributed by atoms with van der Waals surface area (Å²) in [5, 5.41) is 0.